The minimum atomic E-state index is -0.0485. The molecule has 92 valence electrons. The second-order valence-corrected chi connectivity index (χ2v) is 4.60. The molecule has 2 heterocycles. The van der Waals surface area contributed by atoms with E-state index in [9.17, 15) is 0 Å². The molecule has 2 rings (SSSR count). The summed E-state index contributed by atoms with van der Waals surface area (Å²) in [5.74, 6) is 0.974. The number of hydrogen-bond donors (Lipinski definition) is 2. The molecular weight excluding hydrogens is 212 g/mol. The Bertz CT molecular complexity index is 503. The van der Waals surface area contributed by atoms with Gasteiger partial charge in [-0.15, -0.1) is 0 Å². The summed E-state index contributed by atoms with van der Waals surface area (Å²) in [6, 6.07) is 1.99. The zero-order chi connectivity index (χ0) is 12.5. The van der Waals surface area contributed by atoms with E-state index in [0.29, 0.717) is 6.54 Å². The van der Waals surface area contributed by atoms with Crippen molar-refractivity contribution in [2.45, 2.75) is 39.0 Å². The first-order valence-corrected chi connectivity index (χ1v) is 6.18. The molecule has 0 spiro atoms. The van der Waals surface area contributed by atoms with E-state index in [-0.39, 0.29) is 5.41 Å². The fourth-order valence-electron chi connectivity index (χ4n) is 2.26. The summed E-state index contributed by atoms with van der Waals surface area (Å²) >= 11 is 0. The van der Waals surface area contributed by atoms with Crippen LogP contribution in [0.5, 0.6) is 0 Å². The van der Waals surface area contributed by atoms with Crippen LogP contribution in [0.15, 0.2) is 12.3 Å². The monoisotopic (exact) mass is 232 g/mol. The van der Waals surface area contributed by atoms with Gasteiger partial charge in [0.25, 0.3) is 0 Å². The van der Waals surface area contributed by atoms with E-state index < -0.39 is 0 Å². The number of H-pyrrole nitrogens is 1. The van der Waals surface area contributed by atoms with Gasteiger partial charge in [-0.05, 0) is 31.4 Å². The number of pyridine rings is 1. The quantitative estimate of drug-likeness (QED) is 0.849. The van der Waals surface area contributed by atoms with Gasteiger partial charge in [-0.3, -0.25) is 0 Å². The highest BCUT2D eigenvalue weighted by atomic mass is 15.0. The molecule has 0 aliphatic heterocycles. The van der Waals surface area contributed by atoms with Crippen molar-refractivity contribution in [2.75, 3.05) is 6.54 Å². The van der Waals surface area contributed by atoms with Gasteiger partial charge in [-0.25, -0.2) is 9.97 Å². The molecule has 0 saturated carbocycles. The second kappa shape index (κ2) is 4.45. The Balaban J connectivity index is 2.59. The van der Waals surface area contributed by atoms with Gasteiger partial charge < -0.3 is 10.7 Å². The second-order valence-electron chi connectivity index (χ2n) is 4.60. The number of nitrogens with one attached hydrogen (secondary N) is 1. The van der Waals surface area contributed by atoms with Crippen LogP contribution >= 0.6 is 0 Å². The maximum Gasteiger partial charge on any atom is 0.177 e. The lowest BCUT2D eigenvalue weighted by molar-refractivity contribution is 0.387. The normalized spacial score (nSPS) is 12.2. The average Bonchev–Trinajstić information content (AvgIpc) is 2.78. The van der Waals surface area contributed by atoms with Gasteiger partial charge in [0, 0.05) is 18.2 Å². The molecule has 0 aromatic carbocycles. The van der Waals surface area contributed by atoms with E-state index in [1.54, 1.807) is 6.20 Å². The molecule has 2 aromatic rings. The standard InChI is InChI=1S/C13H20N4/c1-4-13(5-2,8-14)12-16-10-9(3)6-7-15-11(10)17-12/h6-7H,4-5,8,14H2,1-3H3,(H,15,16,17). The molecule has 0 aliphatic rings. The van der Waals surface area contributed by atoms with Gasteiger partial charge >= 0.3 is 0 Å². The smallest absolute Gasteiger partial charge is 0.177 e. The highest BCUT2D eigenvalue weighted by Crippen LogP contribution is 2.29. The third kappa shape index (κ3) is 1.82. The van der Waals surface area contributed by atoms with Crippen LogP contribution in [0.25, 0.3) is 11.2 Å². The summed E-state index contributed by atoms with van der Waals surface area (Å²) in [5.41, 5.74) is 8.89. The van der Waals surface area contributed by atoms with Crippen LogP contribution in [0.4, 0.5) is 0 Å². The van der Waals surface area contributed by atoms with Gasteiger partial charge in [-0.1, -0.05) is 13.8 Å². The minimum Gasteiger partial charge on any atom is -0.340 e. The Morgan fingerprint density at radius 1 is 1.35 bits per heavy atom. The van der Waals surface area contributed by atoms with Gasteiger partial charge in [0.15, 0.2) is 5.65 Å². The fraction of sp³-hybridized carbons (Fsp3) is 0.538. The Morgan fingerprint density at radius 3 is 2.59 bits per heavy atom. The molecule has 0 saturated heterocycles. The van der Waals surface area contributed by atoms with Crippen LogP contribution in [0.3, 0.4) is 0 Å². The van der Waals surface area contributed by atoms with Crippen LogP contribution in [0, 0.1) is 6.92 Å². The number of nitrogens with two attached hydrogens (primary N) is 1. The molecule has 4 nitrogen and oxygen atoms in total. The van der Waals surface area contributed by atoms with Gasteiger partial charge in [0.05, 0.1) is 5.52 Å². The van der Waals surface area contributed by atoms with Crippen LogP contribution in [-0.4, -0.2) is 21.5 Å². The highest BCUT2D eigenvalue weighted by molar-refractivity contribution is 5.74. The van der Waals surface area contributed by atoms with Crippen molar-refractivity contribution < 1.29 is 0 Å². The van der Waals surface area contributed by atoms with Crippen LogP contribution < -0.4 is 5.73 Å². The first-order chi connectivity index (χ1) is 8.16. The van der Waals surface area contributed by atoms with E-state index in [1.807, 2.05) is 6.07 Å². The number of imidazole rings is 1. The molecule has 0 aliphatic carbocycles. The third-order valence-corrected chi connectivity index (χ3v) is 3.85. The first kappa shape index (κ1) is 12.0. The van der Waals surface area contributed by atoms with E-state index >= 15 is 0 Å². The zero-order valence-corrected chi connectivity index (χ0v) is 10.7. The molecule has 0 amide bonds. The van der Waals surface area contributed by atoms with Crippen molar-refractivity contribution in [2.24, 2.45) is 5.73 Å². The van der Waals surface area contributed by atoms with Crippen LogP contribution in [-0.2, 0) is 5.41 Å². The van der Waals surface area contributed by atoms with Crippen LogP contribution in [0.1, 0.15) is 38.1 Å². The summed E-state index contributed by atoms with van der Waals surface area (Å²) < 4.78 is 0. The van der Waals surface area contributed by atoms with Crippen molar-refractivity contribution in [1.29, 1.82) is 0 Å². The lowest BCUT2D eigenvalue weighted by Gasteiger charge is -2.27. The molecule has 0 atom stereocenters. The van der Waals surface area contributed by atoms with E-state index in [4.69, 9.17) is 5.73 Å². The Labute approximate surface area is 102 Å². The van der Waals surface area contributed by atoms with E-state index in [2.05, 4.69) is 35.7 Å². The Hall–Kier alpha value is -1.42. The lowest BCUT2D eigenvalue weighted by Crippen LogP contribution is -2.35. The molecule has 17 heavy (non-hydrogen) atoms. The molecule has 4 heteroatoms. The summed E-state index contributed by atoms with van der Waals surface area (Å²) in [4.78, 5) is 12.3. The molecule has 0 bridgehead atoms. The molecular formula is C13H20N4. The lowest BCUT2D eigenvalue weighted by atomic mass is 9.82. The van der Waals surface area contributed by atoms with Crippen molar-refractivity contribution in [3.05, 3.63) is 23.7 Å². The molecule has 3 N–H and O–H groups in total. The zero-order valence-electron chi connectivity index (χ0n) is 10.7. The maximum atomic E-state index is 5.94. The summed E-state index contributed by atoms with van der Waals surface area (Å²) in [6.45, 7) is 6.99. The number of aryl methyl sites for hydroxylation is 1. The highest BCUT2D eigenvalue weighted by Gasteiger charge is 2.30. The maximum absolute atomic E-state index is 5.94. The first-order valence-electron chi connectivity index (χ1n) is 6.18. The van der Waals surface area contributed by atoms with Crippen LogP contribution in [0.2, 0.25) is 0 Å². The Morgan fingerprint density at radius 2 is 2.06 bits per heavy atom. The van der Waals surface area contributed by atoms with Gasteiger partial charge in [0.1, 0.15) is 5.82 Å². The largest absolute Gasteiger partial charge is 0.340 e. The van der Waals surface area contributed by atoms with Gasteiger partial charge in [0.2, 0.25) is 0 Å². The number of aromatic amines is 1. The topological polar surface area (TPSA) is 67.6 Å². The predicted octanol–water partition coefficient (Wildman–Crippen LogP) is 2.28. The molecule has 0 fully saturated rings. The summed E-state index contributed by atoms with van der Waals surface area (Å²) in [6.07, 6.45) is 3.77. The van der Waals surface area contributed by atoms with Crippen molar-refractivity contribution >= 4 is 11.2 Å². The molecule has 2 aromatic heterocycles. The average molecular weight is 232 g/mol. The van der Waals surface area contributed by atoms with Crippen molar-refractivity contribution in [3.63, 3.8) is 0 Å². The Kier molecular flexibility index (Phi) is 3.15. The summed E-state index contributed by atoms with van der Waals surface area (Å²) in [5, 5.41) is 0. The fourth-order valence-corrected chi connectivity index (χ4v) is 2.26. The minimum absolute atomic E-state index is 0.0485. The SMILES string of the molecule is CCC(CC)(CN)c1nc2nccc(C)c2[nH]1. The van der Waals surface area contributed by atoms with Crippen molar-refractivity contribution in [1.82, 2.24) is 15.0 Å². The number of nitrogens with zero attached hydrogens (tertiary/aromatic N) is 2. The summed E-state index contributed by atoms with van der Waals surface area (Å²) in [7, 11) is 0. The van der Waals surface area contributed by atoms with Crippen molar-refractivity contribution in [3.8, 4) is 0 Å². The number of hydrogen-bond acceptors (Lipinski definition) is 3. The molecule has 0 unspecified atom stereocenters. The number of aromatic nitrogens is 3. The number of rotatable bonds is 4. The molecule has 0 radical (unpaired) electrons. The van der Waals surface area contributed by atoms with E-state index in [1.165, 1.54) is 5.56 Å². The van der Waals surface area contributed by atoms with E-state index in [0.717, 1.165) is 29.8 Å². The predicted molar refractivity (Wildman–Crippen MR) is 69.9 cm³/mol. The van der Waals surface area contributed by atoms with Gasteiger partial charge in [-0.2, -0.15) is 0 Å². The number of fused-ring (bicyclic) bond motifs is 1. The third-order valence-electron chi connectivity index (χ3n) is 3.85.